The van der Waals surface area contributed by atoms with Crippen LogP contribution in [0.4, 0.5) is 8.78 Å². The summed E-state index contributed by atoms with van der Waals surface area (Å²) in [5.74, 6) is -1.18. The number of aromatic nitrogens is 2. The Hall–Kier alpha value is -2.61. The molecule has 1 amide bonds. The Morgan fingerprint density at radius 1 is 1.26 bits per heavy atom. The number of benzene rings is 1. The van der Waals surface area contributed by atoms with Gasteiger partial charge >= 0.3 is 0 Å². The molecule has 0 aliphatic carbocycles. The van der Waals surface area contributed by atoms with E-state index in [1.807, 2.05) is 6.07 Å². The molecule has 0 spiro atoms. The molecule has 0 bridgehead atoms. The van der Waals surface area contributed by atoms with Crippen molar-refractivity contribution in [2.24, 2.45) is 0 Å². The van der Waals surface area contributed by atoms with E-state index in [9.17, 15) is 13.6 Å². The van der Waals surface area contributed by atoms with E-state index in [1.54, 1.807) is 6.07 Å². The van der Waals surface area contributed by atoms with Gasteiger partial charge in [0.15, 0.2) is 0 Å². The van der Waals surface area contributed by atoms with E-state index in [-0.39, 0.29) is 17.4 Å². The van der Waals surface area contributed by atoms with Crippen molar-refractivity contribution in [1.82, 2.24) is 15.5 Å². The maximum absolute atomic E-state index is 13.2. The first kappa shape index (κ1) is 15.3. The van der Waals surface area contributed by atoms with Crippen LogP contribution in [0.3, 0.4) is 0 Å². The molecule has 0 radical (unpaired) electrons. The van der Waals surface area contributed by atoms with Crippen molar-refractivity contribution in [2.75, 3.05) is 0 Å². The number of halogens is 2. The Morgan fingerprint density at radius 2 is 2.00 bits per heavy atom. The summed E-state index contributed by atoms with van der Waals surface area (Å²) < 4.78 is 31.5. The highest BCUT2D eigenvalue weighted by molar-refractivity contribution is 7.15. The predicted octanol–water partition coefficient (Wildman–Crippen LogP) is 3.38. The highest BCUT2D eigenvalue weighted by Crippen LogP contribution is 2.28. The Balaban J connectivity index is 1.83. The molecule has 0 saturated carbocycles. The summed E-state index contributed by atoms with van der Waals surface area (Å²) in [5, 5.41) is 6.52. The molecular weight excluding hydrogens is 324 g/mol. The van der Waals surface area contributed by atoms with Crippen molar-refractivity contribution in [3.63, 3.8) is 0 Å². The molecule has 0 atom stereocenters. The largest absolute Gasteiger partial charge is 0.351 e. The van der Waals surface area contributed by atoms with Gasteiger partial charge in [-0.3, -0.25) is 4.79 Å². The minimum atomic E-state index is -0.714. The number of rotatable bonds is 4. The van der Waals surface area contributed by atoms with Crippen molar-refractivity contribution < 1.29 is 18.1 Å². The summed E-state index contributed by atoms with van der Waals surface area (Å²) in [7, 11) is 0. The molecule has 2 heterocycles. The number of hydrogen-bond donors (Lipinski definition) is 1. The second kappa shape index (κ2) is 6.25. The van der Waals surface area contributed by atoms with Gasteiger partial charge in [0, 0.05) is 23.4 Å². The zero-order valence-corrected chi connectivity index (χ0v) is 12.8. The smallest absolute Gasteiger partial charge is 0.258 e. The van der Waals surface area contributed by atoms with Gasteiger partial charge < -0.3 is 9.84 Å². The van der Waals surface area contributed by atoms with E-state index in [4.69, 9.17) is 4.52 Å². The Labute approximate surface area is 134 Å². The van der Waals surface area contributed by atoms with Crippen molar-refractivity contribution in [3.05, 3.63) is 46.8 Å². The summed E-state index contributed by atoms with van der Waals surface area (Å²) in [6, 6.07) is 6.65. The van der Waals surface area contributed by atoms with Gasteiger partial charge in [0.25, 0.3) is 5.89 Å². The molecule has 0 aliphatic heterocycles. The molecule has 23 heavy (non-hydrogen) atoms. The van der Waals surface area contributed by atoms with Crippen LogP contribution in [0.2, 0.25) is 0 Å². The lowest BCUT2D eigenvalue weighted by Crippen LogP contribution is -2.17. The van der Waals surface area contributed by atoms with Gasteiger partial charge in [-0.15, -0.1) is 11.3 Å². The lowest BCUT2D eigenvalue weighted by Gasteiger charge is -1.96. The minimum Gasteiger partial charge on any atom is -0.351 e. The van der Waals surface area contributed by atoms with Crippen molar-refractivity contribution in [3.8, 4) is 22.2 Å². The first-order valence-corrected chi connectivity index (χ1v) is 7.46. The zero-order valence-electron chi connectivity index (χ0n) is 12.0. The van der Waals surface area contributed by atoms with Crippen LogP contribution in [0.1, 0.15) is 11.8 Å². The number of carbonyl (C=O) groups is 1. The molecule has 1 aromatic carbocycles. The van der Waals surface area contributed by atoms with Crippen LogP contribution >= 0.6 is 11.3 Å². The van der Waals surface area contributed by atoms with E-state index in [0.29, 0.717) is 12.4 Å². The monoisotopic (exact) mass is 335 g/mol. The number of nitrogens with zero attached hydrogens (tertiary/aromatic N) is 2. The van der Waals surface area contributed by atoms with Crippen molar-refractivity contribution in [1.29, 1.82) is 0 Å². The number of amides is 1. The van der Waals surface area contributed by atoms with Crippen LogP contribution in [-0.2, 0) is 11.3 Å². The fourth-order valence-corrected chi connectivity index (χ4v) is 2.80. The predicted molar refractivity (Wildman–Crippen MR) is 80.5 cm³/mol. The third-order valence-corrected chi connectivity index (χ3v) is 4.01. The molecule has 8 heteroatoms. The maximum Gasteiger partial charge on any atom is 0.258 e. The van der Waals surface area contributed by atoms with Crippen molar-refractivity contribution in [2.45, 2.75) is 13.5 Å². The van der Waals surface area contributed by atoms with E-state index in [1.165, 1.54) is 18.3 Å². The van der Waals surface area contributed by atoms with Crippen LogP contribution < -0.4 is 5.32 Å². The number of hydrogen-bond acceptors (Lipinski definition) is 5. The van der Waals surface area contributed by atoms with Crippen LogP contribution in [0.5, 0.6) is 0 Å². The number of thiophene rings is 1. The number of nitrogens with one attached hydrogen (secondary N) is 1. The second-order valence-electron chi connectivity index (χ2n) is 4.76. The third-order valence-electron chi connectivity index (χ3n) is 2.93. The van der Waals surface area contributed by atoms with Crippen LogP contribution in [0.15, 0.2) is 34.9 Å². The highest BCUT2D eigenvalue weighted by atomic mass is 32.1. The molecule has 118 valence electrons. The van der Waals surface area contributed by atoms with E-state index in [0.717, 1.165) is 28.0 Å². The topological polar surface area (TPSA) is 68.0 Å². The molecule has 1 N–H and O–H groups in total. The van der Waals surface area contributed by atoms with Gasteiger partial charge in [0.2, 0.25) is 11.7 Å². The molecule has 0 aliphatic rings. The van der Waals surface area contributed by atoms with E-state index in [2.05, 4.69) is 15.5 Å². The van der Waals surface area contributed by atoms with Gasteiger partial charge in [-0.05, 0) is 24.3 Å². The summed E-state index contributed by atoms with van der Waals surface area (Å²) >= 11 is 1.39. The lowest BCUT2D eigenvalue weighted by molar-refractivity contribution is -0.119. The normalized spacial score (nSPS) is 10.7. The standard InChI is InChI=1S/C15H11F2N3O2S/c1-8(21)18-7-12-2-3-13(23-12)14-19-15(22-20-14)9-4-10(16)6-11(17)5-9/h2-6H,7H2,1H3,(H,18,21). The van der Waals surface area contributed by atoms with Crippen LogP contribution in [-0.4, -0.2) is 16.0 Å². The van der Waals surface area contributed by atoms with Crippen molar-refractivity contribution >= 4 is 17.2 Å². The average Bonchev–Trinajstić information content (AvgIpc) is 3.13. The Kier molecular flexibility index (Phi) is 4.16. The van der Waals surface area contributed by atoms with Gasteiger partial charge in [0.05, 0.1) is 11.4 Å². The molecule has 5 nitrogen and oxygen atoms in total. The molecule has 0 saturated heterocycles. The maximum atomic E-state index is 13.2. The summed E-state index contributed by atoms with van der Waals surface area (Å²) in [4.78, 5) is 16.7. The first-order valence-electron chi connectivity index (χ1n) is 6.65. The molecule has 3 rings (SSSR count). The molecule has 0 unspecified atom stereocenters. The fourth-order valence-electron chi connectivity index (χ4n) is 1.92. The van der Waals surface area contributed by atoms with Gasteiger partial charge in [0.1, 0.15) is 11.6 Å². The summed E-state index contributed by atoms with van der Waals surface area (Å²) in [6.45, 7) is 1.86. The SMILES string of the molecule is CC(=O)NCc1ccc(-c2noc(-c3cc(F)cc(F)c3)n2)s1. The Morgan fingerprint density at radius 3 is 2.70 bits per heavy atom. The molecule has 0 fully saturated rings. The number of carbonyl (C=O) groups excluding carboxylic acids is 1. The van der Waals surface area contributed by atoms with Crippen LogP contribution in [0.25, 0.3) is 22.2 Å². The van der Waals surface area contributed by atoms with Gasteiger partial charge in [-0.25, -0.2) is 8.78 Å². The quantitative estimate of drug-likeness (QED) is 0.794. The minimum absolute atomic E-state index is 0.0372. The second-order valence-corrected chi connectivity index (χ2v) is 5.93. The first-order chi connectivity index (χ1) is 11.0. The third kappa shape index (κ3) is 3.59. The van der Waals surface area contributed by atoms with E-state index >= 15 is 0 Å². The lowest BCUT2D eigenvalue weighted by atomic mass is 10.2. The highest BCUT2D eigenvalue weighted by Gasteiger charge is 2.14. The van der Waals surface area contributed by atoms with E-state index < -0.39 is 11.6 Å². The van der Waals surface area contributed by atoms with Gasteiger partial charge in [-0.2, -0.15) is 4.98 Å². The van der Waals surface area contributed by atoms with Gasteiger partial charge in [-0.1, -0.05) is 5.16 Å². The zero-order chi connectivity index (χ0) is 16.4. The van der Waals surface area contributed by atoms with Crippen LogP contribution in [0, 0.1) is 11.6 Å². The fraction of sp³-hybridized carbons (Fsp3) is 0.133. The summed E-state index contributed by atoms with van der Waals surface area (Å²) in [5.41, 5.74) is 0.177. The molecule has 3 aromatic rings. The molecule has 2 aromatic heterocycles. The molecular formula is C15H11F2N3O2S. The average molecular weight is 335 g/mol. The Bertz CT molecular complexity index is 840. The summed E-state index contributed by atoms with van der Waals surface area (Å²) in [6.07, 6.45) is 0.